The molecular weight excluding hydrogens is 430 g/mol. The molecule has 4 rings (SSSR count). The van der Waals surface area contributed by atoms with E-state index in [4.69, 9.17) is 19.2 Å². The van der Waals surface area contributed by atoms with Crippen molar-refractivity contribution < 1.29 is 19.0 Å². The highest BCUT2D eigenvalue weighted by Crippen LogP contribution is 2.32. The van der Waals surface area contributed by atoms with Crippen LogP contribution in [-0.2, 0) is 9.53 Å². The lowest BCUT2D eigenvalue weighted by Crippen LogP contribution is -2.24. The number of para-hydroxylation sites is 1. The molecule has 2 aromatic carbocycles. The number of thioether (sulfide) groups is 1. The van der Waals surface area contributed by atoms with Crippen molar-refractivity contribution >= 4 is 39.7 Å². The first kappa shape index (κ1) is 21.8. The fraction of sp³-hybridized carbons (Fsp3) is 0.261. The van der Waals surface area contributed by atoms with Crippen molar-refractivity contribution in [3.63, 3.8) is 0 Å². The van der Waals surface area contributed by atoms with Gasteiger partial charge in [-0.1, -0.05) is 30.0 Å². The average Bonchev–Trinajstić information content (AvgIpc) is 3.18. The molecule has 0 saturated carbocycles. The minimum atomic E-state index is -0.559. The van der Waals surface area contributed by atoms with Crippen molar-refractivity contribution in [1.29, 1.82) is 0 Å². The van der Waals surface area contributed by atoms with Crippen LogP contribution in [-0.4, -0.2) is 46.6 Å². The molecule has 9 heteroatoms. The van der Waals surface area contributed by atoms with Crippen LogP contribution in [0, 0.1) is 0 Å². The first-order chi connectivity index (χ1) is 15.5. The van der Waals surface area contributed by atoms with Crippen LogP contribution < -0.4 is 15.0 Å². The van der Waals surface area contributed by atoms with E-state index >= 15 is 0 Å². The number of aromatic nitrogens is 3. The number of ether oxygens (including phenoxy) is 3. The molecule has 0 aliphatic carbocycles. The van der Waals surface area contributed by atoms with E-state index in [9.17, 15) is 9.59 Å². The van der Waals surface area contributed by atoms with Gasteiger partial charge in [-0.15, -0.1) is 0 Å². The number of aromatic amines is 1. The fourth-order valence-corrected chi connectivity index (χ4v) is 4.40. The van der Waals surface area contributed by atoms with Crippen molar-refractivity contribution in [2.24, 2.45) is 0 Å². The summed E-state index contributed by atoms with van der Waals surface area (Å²) in [6.45, 7) is 3.76. The summed E-state index contributed by atoms with van der Waals surface area (Å²) in [5.74, 6) is 0.644. The smallest absolute Gasteiger partial charge is 0.319 e. The van der Waals surface area contributed by atoms with Crippen LogP contribution in [0.3, 0.4) is 0 Å². The van der Waals surface area contributed by atoms with Gasteiger partial charge in [-0.05, 0) is 32.0 Å². The summed E-state index contributed by atoms with van der Waals surface area (Å²) < 4.78 is 17.4. The van der Waals surface area contributed by atoms with Crippen molar-refractivity contribution in [3.05, 3.63) is 52.8 Å². The van der Waals surface area contributed by atoms with Gasteiger partial charge in [0.2, 0.25) is 0 Å². The summed E-state index contributed by atoms with van der Waals surface area (Å²) in [4.78, 5) is 33.9. The van der Waals surface area contributed by atoms with Gasteiger partial charge in [0.25, 0.3) is 5.56 Å². The number of nitrogens with one attached hydrogen (secondary N) is 1. The molecule has 0 radical (unpaired) electrons. The molecule has 0 aliphatic heterocycles. The minimum absolute atomic E-state index is 0.279. The van der Waals surface area contributed by atoms with Gasteiger partial charge in [-0.3, -0.25) is 14.2 Å². The second kappa shape index (κ2) is 8.96. The number of benzene rings is 2. The highest BCUT2D eigenvalue weighted by Gasteiger charge is 2.23. The second-order valence-electron chi connectivity index (χ2n) is 6.98. The minimum Gasteiger partial charge on any atom is -0.493 e. The molecule has 2 aromatic heterocycles. The molecule has 32 heavy (non-hydrogen) atoms. The molecule has 2 heterocycles. The maximum Gasteiger partial charge on any atom is 0.319 e. The van der Waals surface area contributed by atoms with E-state index in [2.05, 4.69) is 4.98 Å². The van der Waals surface area contributed by atoms with Crippen molar-refractivity contribution in [2.45, 2.75) is 24.3 Å². The molecule has 4 aromatic rings. The maximum absolute atomic E-state index is 13.6. The number of esters is 1. The Morgan fingerprint density at radius 2 is 1.91 bits per heavy atom. The zero-order chi connectivity index (χ0) is 22.8. The number of hydrogen-bond acceptors (Lipinski definition) is 7. The topological polar surface area (TPSA) is 95.4 Å². The predicted octanol–water partition coefficient (Wildman–Crippen LogP) is 3.93. The molecule has 0 bridgehead atoms. The number of carbonyl (C=O) groups excluding carboxylic acids is 1. The Bertz CT molecular complexity index is 1360. The summed E-state index contributed by atoms with van der Waals surface area (Å²) in [6, 6.07) is 12.8. The number of rotatable bonds is 7. The summed E-state index contributed by atoms with van der Waals surface area (Å²) in [5.41, 5.74) is 2.01. The number of fused-ring (bicyclic) bond motifs is 3. The highest BCUT2D eigenvalue weighted by molar-refractivity contribution is 8.00. The van der Waals surface area contributed by atoms with E-state index in [0.29, 0.717) is 33.4 Å². The third kappa shape index (κ3) is 3.80. The van der Waals surface area contributed by atoms with Crippen LogP contribution in [0.2, 0.25) is 0 Å². The van der Waals surface area contributed by atoms with Gasteiger partial charge in [-0.25, -0.2) is 4.98 Å². The van der Waals surface area contributed by atoms with E-state index < -0.39 is 5.25 Å². The molecule has 0 fully saturated rings. The fourth-order valence-electron chi connectivity index (χ4n) is 3.48. The molecule has 0 amide bonds. The lowest BCUT2D eigenvalue weighted by molar-refractivity contribution is -0.142. The largest absolute Gasteiger partial charge is 0.493 e. The SMILES string of the molecule is CCOC(=O)C(C)Sc1nc2c([nH]c3ccccc32)c(=O)n1-c1ccc(OC)c(OC)c1. The summed E-state index contributed by atoms with van der Waals surface area (Å²) in [7, 11) is 3.08. The molecule has 166 valence electrons. The van der Waals surface area contributed by atoms with E-state index in [0.717, 1.165) is 10.9 Å². The van der Waals surface area contributed by atoms with Gasteiger partial charge in [0.05, 0.1) is 26.5 Å². The quantitative estimate of drug-likeness (QED) is 0.257. The van der Waals surface area contributed by atoms with Crippen LogP contribution in [0.25, 0.3) is 27.6 Å². The van der Waals surface area contributed by atoms with Gasteiger partial charge >= 0.3 is 5.97 Å². The van der Waals surface area contributed by atoms with Gasteiger partial charge in [0.15, 0.2) is 16.7 Å². The lowest BCUT2D eigenvalue weighted by atomic mass is 10.2. The first-order valence-electron chi connectivity index (χ1n) is 10.1. The summed E-state index contributed by atoms with van der Waals surface area (Å²) >= 11 is 1.17. The van der Waals surface area contributed by atoms with Gasteiger partial charge < -0.3 is 19.2 Å². The number of nitrogens with zero attached hydrogens (tertiary/aromatic N) is 2. The molecule has 0 spiro atoms. The van der Waals surface area contributed by atoms with Crippen LogP contribution in [0.15, 0.2) is 52.4 Å². The molecule has 0 aliphatic rings. The molecule has 1 unspecified atom stereocenters. The number of carbonyl (C=O) groups is 1. The maximum atomic E-state index is 13.6. The van der Waals surface area contributed by atoms with E-state index in [-0.39, 0.29) is 18.1 Å². The molecule has 1 atom stereocenters. The third-order valence-corrected chi connectivity index (χ3v) is 6.05. The van der Waals surface area contributed by atoms with Crippen molar-refractivity contribution in [1.82, 2.24) is 14.5 Å². The highest BCUT2D eigenvalue weighted by atomic mass is 32.2. The van der Waals surface area contributed by atoms with Crippen LogP contribution in [0.1, 0.15) is 13.8 Å². The first-order valence-corrected chi connectivity index (χ1v) is 11.0. The van der Waals surface area contributed by atoms with E-state index in [1.165, 1.54) is 23.4 Å². The zero-order valence-electron chi connectivity index (χ0n) is 18.2. The van der Waals surface area contributed by atoms with Gasteiger partial charge in [0, 0.05) is 17.0 Å². The summed E-state index contributed by atoms with van der Waals surface area (Å²) in [5, 5.41) is 0.653. The normalized spacial score (nSPS) is 12.1. The Balaban J connectivity index is 1.97. The Morgan fingerprint density at radius 3 is 2.62 bits per heavy atom. The second-order valence-corrected chi connectivity index (χ2v) is 8.29. The number of hydrogen-bond donors (Lipinski definition) is 1. The zero-order valence-corrected chi connectivity index (χ0v) is 19.0. The molecule has 8 nitrogen and oxygen atoms in total. The Kier molecular flexibility index (Phi) is 6.09. The van der Waals surface area contributed by atoms with Gasteiger partial charge in [-0.2, -0.15) is 0 Å². The van der Waals surface area contributed by atoms with Gasteiger partial charge in [0.1, 0.15) is 16.3 Å². The number of methoxy groups -OCH3 is 2. The monoisotopic (exact) mass is 453 g/mol. The van der Waals surface area contributed by atoms with E-state index in [1.54, 1.807) is 39.2 Å². The number of H-pyrrole nitrogens is 1. The Labute approximate surface area is 188 Å². The predicted molar refractivity (Wildman–Crippen MR) is 124 cm³/mol. The lowest BCUT2D eigenvalue weighted by Gasteiger charge is -2.16. The van der Waals surface area contributed by atoms with Crippen molar-refractivity contribution in [3.8, 4) is 17.2 Å². The summed E-state index contributed by atoms with van der Waals surface area (Å²) in [6.07, 6.45) is 0. The molecule has 0 saturated heterocycles. The Hall–Kier alpha value is -3.46. The van der Waals surface area contributed by atoms with Crippen LogP contribution >= 0.6 is 11.8 Å². The average molecular weight is 454 g/mol. The Morgan fingerprint density at radius 1 is 1.16 bits per heavy atom. The molecule has 1 N–H and O–H groups in total. The third-order valence-electron chi connectivity index (χ3n) is 5.02. The van der Waals surface area contributed by atoms with E-state index in [1.807, 2.05) is 24.3 Å². The van der Waals surface area contributed by atoms with Crippen LogP contribution in [0.4, 0.5) is 0 Å². The van der Waals surface area contributed by atoms with Crippen molar-refractivity contribution in [2.75, 3.05) is 20.8 Å². The van der Waals surface area contributed by atoms with Crippen LogP contribution in [0.5, 0.6) is 11.5 Å². The molecular formula is C23H23N3O5S. The standard InChI is InChI=1S/C23H23N3O5S/c1-5-31-22(28)13(2)32-23-25-19-15-8-6-7-9-16(15)24-20(19)21(27)26(23)14-10-11-17(29-3)18(12-14)30-4/h6-13,24H,5H2,1-4H3.